The molecular formula is C14H19NO. The predicted molar refractivity (Wildman–Crippen MR) is 65.5 cm³/mol. The average molecular weight is 217 g/mol. The third-order valence-electron chi connectivity index (χ3n) is 2.81. The van der Waals surface area contributed by atoms with E-state index in [1.807, 2.05) is 4.90 Å². The van der Waals surface area contributed by atoms with Crippen LogP contribution in [-0.4, -0.2) is 23.9 Å². The minimum atomic E-state index is 0.310. The highest BCUT2D eigenvalue weighted by Crippen LogP contribution is 2.11. The highest BCUT2D eigenvalue weighted by molar-refractivity contribution is 5.76. The topological polar surface area (TPSA) is 20.3 Å². The van der Waals surface area contributed by atoms with Crippen molar-refractivity contribution in [3.05, 3.63) is 0 Å². The lowest BCUT2D eigenvalue weighted by atomic mass is 10.1. The van der Waals surface area contributed by atoms with E-state index in [0.717, 1.165) is 32.4 Å². The van der Waals surface area contributed by atoms with Crippen molar-refractivity contribution in [2.45, 2.75) is 44.9 Å². The molecule has 0 N–H and O–H groups in total. The van der Waals surface area contributed by atoms with Crippen LogP contribution in [0.15, 0.2) is 0 Å². The van der Waals surface area contributed by atoms with Crippen LogP contribution in [0.5, 0.6) is 0 Å². The van der Waals surface area contributed by atoms with Crippen molar-refractivity contribution >= 4 is 5.91 Å². The molecule has 0 bridgehead atoms. The molecule has 2 nitrogen and oxygen atoms in total. The molecule has 86 valence electrons. The molecule has 1 aliphatic rings. The fraction of sp³-hybridized carbons (Fsp3) is 0.643. The standard InChI is InChI=1S/C14H19NO/c1-2-3-4-5-6-8-11-14(16)15-12-9-7-10-13-15/h1H,5-13H2. The number of hydrogen-bond donors (Lipinski definition) is 0. The molecule has 0 spiro atoms. The van der Waals surface area contributed by atoms with Gasteiger partial charge in [-0.3, -0.25) is 4.79 Å². The van der Waals surface area contributed by atoms with E-state index < -0.39 is 0 Å². The normalized spacial score (nSPS) is 14.8. The number of likely N-dealkylation sites (tertiary alicyclic amines) is 1. The molecule has 0 aromatic heterocycles. The number of carbonyl (C=O) groups excluding carboxylic acids is 1. The molecule has 0 unspecified atom stereocenters. The molecule has 0 saturated carbocycles. The number of terminal acetylenes is 1. The maximum absolute atomic E-state index is 11.7. The molecule has 1 rings (SSSR count). The fourth-order valence-electron chi connectivity index (χ4n) is 1.90. The van der Waals surface area contributed by atoms with E-state index in [1.54, 1.807) is 0 Å². The van der Waals surface area contributed by atoms with Crippen LogP contribution in [-0.2, 0) is 4.79 Å². The Hall–Kier alpha value is -1.41. The zero-order valence-electron chi connectivity index (χ0n) is 9.80. The molecular weight excluding hydrogens is 198 g/mol. The van der Waals surface area contributed by atoms with Crippen molar-refractivity contribution in [2.24, 2.45) is 0 Å². The Morgan fingerprint density at radius 3 is 2.62 bits per heavy atom. The van der Waals surface area contributed by atoms with Crippen molar-refractivity contribution in [3.63, 3.8) is 0 Å². The maximum Gasteiger partial charge on any atom is 0.222 e. The quantitative estimate of drug-likeness (QED) is 0.522. The van der Waals surface area contributed by atoms with Crippen molar-refractivity contribution in [1.82, 2.24) is 4.90 Å². The summed E-state index contributed by atoms with van der Waals surface area (Å²) >= 11 is 0. The van der Waals surface area contributed by atoms with Crippen molar-refractivity contribution in [1.29, 1.82) is 0 Å². The van der Waals surface area contributed by atoms with Crippen LogP contribution < -0.4 is 0 Å². The molecule has 0 aromatic rings. The van der Waals surface area contributed by atoms with Gasteiger partial charge in [0.1, 0.15) is 0 Å². The molecule has 16 heavy (non-hydrogen) atoms. The minimum absolute atomic E-state index is 0.310. The van der Waals surface area contributed by atoms with Gasteiger partial charge in [0.15, 0.2) is 0 Å². The summed E-state index contributed by atoms with van der Waals surface area (Å²) in [6, 6.07) is 0. The lowest BCUT2D eigenvalue weighted by Gasteiger charge is -2.26. The van der Waals surface area contributed by atoms with Crippen LogP contribution in [0.3, 0.4) is 0 Å². The smallest absolute Gasteiger partial charge is 0.222 e. The first-order valence-corrected chi connectivity index (χ1v) is 6.06. The molecule has 1 aliphatic heterocycles. The van der Waals surface area contributed by atoms with Crippen LogP contribution >= 0.6 is 0 Å². The Balaban J connectivity index is 2.08. The highest BCUT2D eigenvalue weighted by atomic mass is 16.2. The molecule has 0 aliphatic carbocycles. The van der Waals surface area contributed by atoms with Gasteiger partial charge < -0.3 is 4.90 Å². The van der Waals surface area contributed by atoms with Crippen molar-refractivity contribution < 1.29 is 4.79 Å². The summed E-state index contributed by atoms with van der Waals surface area (Å²) in [6.07, 6.45) is 12.0. The predicted octanol–water partition coefficient (Wildman–Crippen LogP) is 2.20. The second kappa shape index (κ2) is 7.83. The van der Waals surface area contributed by atoms with Crippen LogP contribution in [0, 0.1) is 24.2 Å². The Bertz CT molecular complexity index is 310. The molecule has 0 aromatic carbocycles. The van der Waals surface area contributed by atoms with Gasteiger partial charge in [-0.1, -0.05) is 5.92 Å². The van der Waals surface area contributed by atoms with Crippen molar-refractivity contribution in [2.75, 3.05) is 13.1 Å². The van der Waals surface area contributed by atoms with E-state index in [-0.39, 0.29) is 0 Å². The van der Waals surface area contributed by atoms with E-state index in [4.69, 9.17) is 6.42 Å². The SMILES string of the molecule is C#CC#CCCCCC(=O)N1CCCCC1. The highest BCUT2D eigenvalue weighted by Gasteiger charge is 2.15. The number of unbranched alkanes of at least 4 members (excludes halogenated alkanes) is 2. The summed E-state index contributed by atoms with van der Waals surface area (Å²) < 4.78 is 0. The van der Waals surface area contributed by atoms with Crippen LogP contribution in [0.1, 0.15) is 44.9 Å². The van der Waals surface area contributed by atoms with E-state index in [1.165, 1.54) is 19.3 Å². The number of carbonyl (C=O) groups is 1. The monoisotopic (exact) mass is 217 g/mol. The second-order valence-corrected chi connectivity index (χ2v) is 4.09. The summed E-state index contributed by atoms with van der Waals surface area (Å²) in [6.45, 7) is 1.91. The number of hydrogen-bond acceptors (Lipinski definition) is 1. The first-order chi connectivity index (χ1) is 7.84. The van der Waals surface area contributed by atoms with Gasteiger partial charge in [0.05, 0.1) is 0 Å². The molecule has 1 amide bonds. The minimum Gasteiger partial charge on any atom is -0.343 e. The van der Waals surface area contributed by atoms with E-state index in [9.17, 15) is 4.79 Å². The van der Waals surface area contributed by atoms with Gasteiger partial charge in [-0.2, -0.15) is 0 Å². The largest absolute Gasteiger partial charge is 0.343 e. The van der Waals surface area contributed by atoms with E-state index in [2.05, 4.69) is 17.8 Å². The van der Waals surface area contributed by atoms with Gasteiger partial charge in [-0.25, -0.2) is 0 Å². The van der Waals surface area contributed by atoms with Crippen LogP contribution in [0.4, 0.5) is 0 Å². The van der Waals surface area contributed by atoms with Gasteiger partial charge in [-0.15, -0.1) is 6.42 Å². The maximum atomic E-state index is 11.7. The molecule has 0 radical (unpaired) electrons. The number of piperidine rings is 1. The van der Waals surface area contributed by atoms with Gasteiger partial charge in [0.2, 0.25) is 5.91 Å². The van der Waals surface area contributed by atoms with Gasteiger partial charge in [0, 0.05) is 25.9 Å². The van der Waals surface area contributed by atoms with Gasteiger partial charge in [-0.05, 0) is 43.9 Å². The molecule has 1 saturated heterocycles. The second-order valence-electron chi connectivity index (χ2n) is 4.09. The van der Waals surface area contributed by atoms with Crippen molar-refractivity contribution in [3.8, 4) is 24.2 Å². The zero-order chi connectivity index (χ0) is 11.6. The molecule has 2 heteroatoms. The molecule has 1 heterocycles. The Kier molecular flexibility index (Phi) is 6.19. The Morgan fingerprint density at radius 1 is 1.19 bits per heavy atom. The lowest BCUT2D eigenvalue weighted by molar-refractivity contribution is -0.132. The van der Waals surface area contributed by atoms with Gasteiger partial charge >= 0.3 is 0 Å². The number of nitrogens with zero attached hydrogens (tertiary/aromatic N) is 1. The third kappa shape index (κ3) is 4.89. The van der Waals surface area contributed by atoms with Crippen LogP contribution in [0.25, 0.3) is 0 Å². The first-order valence-electron chi connectivity index (χ1n) is 6.06. The average Bonchev–Trinajstić information content (AvgIpc) is 2.34. The molecule has 1 fully saturated rings. The summed E-state index contributed by atoms with van der Waals surface area (Å²) in [5.41, 5.74) is 0. The van der Waals surface area contributed by atoms with Crippen LogP contribution in [0.2, 0.25) is 0 Å². The summed E-state index contributed by atoms with van der Waals surface area (Å²) in [4.78, 5) is 13.7. The number of rotatable bonds is 4. The lowest BCUT2D eigenvalue weighted by Crippen LogP contribution is -2.35. The number of amides is 1. The summed E-state index contributed by atoms with van der Waals surface area (Å²) in [5.74, 6) is 8.05. The van der Waals surface area contributed by atoms with E-state index in [0.29, 0.717) is 12.3 Å². The Labute approximate surface area is 98.4 Å². The Morgan fingerprint density at radius 2 is 1.94 bits per heavy atom. The van der Waals surface area contributed by atoms with Gasteiger partial charge in [0.25, 0.3) is 0 Å². The first kappa shape index (κ1) is 12.7. The molecule has 0 atom stereocenters. The third-order valence-corrected chi connectivity index (χ3v) is 2.81. The summed E-state index contributed by atoms with van der Waals surface area (Å²) in [7, 11) is 0. The zero-order valence-corrected chi connectivity index (χ0v) is 9.80. The fourth-order valence-corrected chi connectivity index (χ4v) is 1.90. The van der Waals surface area contributed by atoms with E-state index >= 15 is 0 Å². The summed E-state index contributed by atoms with van der Waals surface area (Å²) in [5, 5.41) is 0.